The minimum Gasteiger partial charge on any atom is -0.497 e. The fraction of sp³-hybridized carbons (Fsp3) is 0.435. The van der Waals surface area contributed by atoms with Gasteiger partial charge in [0.1, 0.15) is 5.75 Å². The number of pyridine rings is 1. The Morgan fingerprint density at radius 3 is 2.35 bits per heavy atom. The molecule has 1 fully saturated rings. The molecule has 0 amide bonds. The van der Waals surface area contributed by atoms with Crippen molar-refractivity contribution in [1.29, 1.82) is 0 Å². The molecule has 1 aromatic carbocycles. The number of aliphatic carboxylic acids is 1. The van der Waals surface area contributed by atoms with Gasteiger partial charge in [0.05, 0.1) is 23.8 Å². The number of piperidine rings is 1. The van der Waals surface area contributed by atoms with Crippen molar-refractivity contribution in [1.82, 2.24) is 10.0 Å². The molecule has 1 unspecified atom stereocenters. The molecule has 0 bridgehead atoms. The number of benzene rings is 1. The third kappa shape index (κ3) is 4.85. The van der Waals surface area contributed by atoms with Crippen molar-refractivity contribution >= 4 is 27.4 Å². The zero-order chi connectivity index (χ0) is 24.5. The number of carbonyl (C=O) groups is 1. The molecule has 11 heteroatoms. The van der Waals surface area contributed by atoms with Crippen LogP contribution in [0, 0.1) is 13.8 Å². The van der Waals surface area contributed by atoms with Crippen molar-refractivity contribution in [3.05, 3.63) is 47.8 Å². The van der Waals surface area contributed by atoms with Gasteiger partial charge in [-0.05, 0) is 62.1 Å². The third-order valence-corrected chi connectivity index (χ3v) is 8.14. The fourth-order valence-corrected chi connectivity index (χ4v) is 6.51. The van der Waals surface area contributed by atoms with E-state index in [2.05, 4.69) is 14.9 Å². The molecule has 10 nitrogen and oxygen atoms in total. The number of ether oxygens (including phenoxy) is 1. The van der Waals surface area contributed by atoms with E-state index in [1.807, 2.05) is 12.1 Å². The molecule has 2 aliphatic heterocycles. The maximum atomic E-state index is 13.4. The van der Waals surface area contributed by atoms with Crippen molar-refractivity contribution in [3.8, 4) is 5.75 Å². The van der Waals surface area contributed by atoms with Gasteiger partial charge in [-0.15, -0.1) is 5.06 Å². The zero-order valence-corrected chi connectivity index (χ0v) is 20.2. The van der Waals surface area contributed by atoms with Crippen molar-refractivity contribution in [2.75, 3.05) is 30.9 Å². The molecule has 182 valence electrons. The molecule has 0 aliphatic carbocycles. The number of aliphatic imine (C=N–C) groups is 1. The average Bonchev–Trinajstić information content (AvgIpc) is 3.22. The van der Waals surface area contributed by atoms with Crippen LogP contribution < -0.4 is 9.64 Å². The SMILES string of the molecule is COc1cc(C)c(S(=O)(=O)CC2N=C(C(=O)O)ON2C2CCN(c3ccncc3)CC2)c(C)c1. The molecule has 0 saturated carbocycles. The van der Waals surface area contributed by atoms with E-state index in [1.54, 1.807) is 38.4 Å². The first-order valence-corrected chi connectivity index (χ1v) is 12.6. The van der Waals surface area contributed by atoms with Crippen LogP contribution in [0.15, 0.2) is 46.5 Å². The fourth-order valence-electron chi connectivity index (χ4n) is 4.63. The minimum atomic E-state index is -3.80. The molecular formula is C23H28N4O6S. The van der Waals surface area contributed by atoms with E-state index in [0.717, 1.165) is 5.69 Å². The lowest BCUT2D eigenvalue weighted by atomic mass is 10.0. The number of nitrogens with zero attached hydrogens (tertiary/aromatic N) is 4. The summed E-state index contributed by atoms with van der Waals surface area (Å²) >= 11 is 0. The first-order chi connectivity index (χ1) is 16.2. The Morgan fingerprint density at radius 1 is 1.18 bits per heavy atom. The van der Waals surface area contributed by atoms with Gasteiger partial charge in [-0.1, -0.05) is 0 Å². The van der Waals surface area contributed by atoms with Crippen molar-refractivity contribution in [2.24, 2.45) is 4.99 Å². The number of aromatic nitrogens is 1. The molecule has 1 N–H and O–H groups in total. The quantitative estimate of drug-likeness (QED) is 0.625. The van der Waals surface area contributed by atoms with Crippen molar-refractivity contribution in [2.45, 2.75) is 43.8 Å². The summed E-state index contributed by atoms with van der Waals surface area (Å²) < 4.78 is 32.1. The lowest BCUT2D eigenvalue weighted by Crippen LogP contribution is -2.48. The molecule has 1 aromatic heterocycles. The molecule has 0 spiro atoms. The second-order valence-electron chi connectivity index (χ2n) is 8.47. The largest absolute Gasteiger partial charge is 0.497 e. The van der Waals surface area contributed by atoms with Crippen LogP contribution >= 0.6 is 0 Å². The van der Waals surface area contributed by atoms with Gasteiger partial charge in [0.25, 0.3) is 0 Å². The van der Waals surface area contributed by atoms with E-state index in [1.165, 1.54) is 12.2 Å². The molecular weight excluding hydrogens is 460 g/mol. The maximum absolute atomic E-state index is 13.4. The minimum absolute atomic E-state index is 0.169. The molecule has 1 atom stereocenters. The Labute approximate surface area is 198 Å². The van der Waals surface area contributed by atoms with Crippen LogP contribution in [0.2, 0.25) is 0 Å². The summed E-state index contributed by atoms with van der Waals surface area (Å²) in [5, 5.41) is 10.9. The van der Waals surface area contributed by atoms with Gasteiger partial charge >= 0.3 is 11.9 Å². The number of carboxylic acids is 1. The van der Waals surface area contributed by atoms with Crippen LogP contribution in [0.3, 0.4) is 0 Å². The lowest BCUT2D eigenvalue weighted by molar-refractivity contribution is -0.143. The molecule has 3 heterocycles. The maximum Gasteiger partial charge on any atom is 0.393 e. The van der Waals surface area contributed by atoms with E-state index in [-0.39, 0.29) is 16.7 Å². The van der Waals surface area contributed by atoms with Crippen LogP contribution in [0.4, 0.5) is 5.69 Å². The Balaban J connectivity index is 1.54. The van der Waals surface area contributed by atoms with Gasteiger partial charge in [0.2, 0.25) is 0 Å². The topological polar surface area (TPSA) is 122 Å². The Bertz CT molecular complexity index is 1170. The molecule has 4 rings (SSSR count). The summed E-state index contributed by atoms with van der Waals surface area (Å²) in [5.74, 6) is -1.62. The monoisotopic (exact) mass is 488 g/mol. The summed E-state index contributed by atoms with van der Waals surface area (Å²) in [6, 6.07) is 7.05. The molecule has 2 aliphatic rings. The standard InChI is InChI=1S/C23H28N4O6S/c1-15-12-19(32-3)13-16(2)21(15)34(30,31)14-20-25-22(23(28)29)33-27(20)18-6-10-26(11-7-18)17-4-8-24-9-5-17/h4-5,8-9,12-13,18,20H,6-7,10-11,14H2,1-3H3,(H,28,29). The zero-order valence-electron chi connectivity index (χ0n) is 19.3. The number of carboxylic acid groups (broad SMARTS) is 1. The highest BCUT2D eigenvalue weighted by Crippen LogP contribution is 2.31. The van der Waals surface area contributed by atoms with Crippen LogP contribution in [0.25, 0.3) is 0 Å². The van der Waals surface area contributed by atoms with Crippen LogP contribution in [-0.2, 0) is 19.5 Å². The number of hydrogen-bond donors (Lipinski definition) is 1. The number of aryl methyl sites for hydroxylation is 2. The van der Waals surface area contributed by atoms with E-state index in [0.29, 0.717) is 42.8 Å². The number of hydrogen-bond acceptors (Lipinski definition) is 9. The van der Waals surface area contributed by atoms with E-state index >= 15 is 0 Å². The number of sulfone groups is 1. The number of hydroxylamine groups is 2. The van der Waals surface area contributed by atoms with Gasteiger partial charge < -0.3 is 19.6 Å². The van der Waals surface area contributed by atoms with Gasteiger partial charge in [-0.25, -0.2) is 18.2 Å². The summed E-state index contributed by atoms with van der Waals surface area (Å²) in [6.07, 6.45) is 3.86. The Hall–Kier alpha value is -3.18. The number of methoxy groups -OCH3 is 1. The Kier molecular flexibility index (Phi) is 6.76. The number of anilines is 1. The van der Waals surface area contributed by atoms with Gasteiger partial charge in [0.15, 0.2) is 16.0 Å². The second-order valence-corrected chi connectivity index (χ2v) is 10.4. The molecule has 34 heavy (non-hydrogen) atoms. The summed E-state index contributed by atoms with van der Waals surface area (Å²) in [6.45, 7) is 4.86. The van der Waals surface area contributed by atoms with E-state index in [9.17, 15) is 18.3 Å². The summed E-state index contributed by atoms with van der Waals surface area (Å²) in [4.78, 5) is 27.7. The lowest BCUT2D eigenvalue weighted by Gasteiger charge is -2.38. The first-order valence-electron chi connectivity index (χ1n) is 11.0. The predicted octanol–water partition coefficient (Wildman–Crippen LogP) is 2.21. The molecule has 0 radical (unpaired) electrons. The predicted molar refractivity (Wildman–Crippen MR) is 126 cm³/mol. The highest BCUT2D eigenvalue weighted by atomic mass is 32.2. The smallest absolute Gasteiger partial charge is 0.393 e. The van der Waals surface area contributed by atoms with Crippen molar-refractivity contribution in [3.63, 3.8) is 0 Å². The van der Waals surface area contributed by atoms with Crippen LogP contribution in [-0.4, -0.2) is 73.6 Å². The highest BCUT2D eigenvalue weighted by molar-refractivity contribution is 7.91. The van der Waals surface area contributed by atoms with Gasteiger partial charge in [-0.2, -0.15) is 0 Å². The molecule has 1 saturated heterocycles. The first kappa shape index (κ1) is 24.0. The second kappa shape index (κ2) is 9.59. The number of rotatable bonds is 7. The van der Waals surface area contributed by atoms with Crippen LogP contribution in [0.5, 0.6) is 5.75 Å². The average molecular weight is 489 g/mol. The third-order valence-electron chi connectivity index (χ3n) is 6.14. The van der Waals surface area contributed by atoms with E-state index < -0.39 is 27.9 Å². The van der Waals surface area contributed by atoms with E-state index in [4.69, 9.17) is 9.57 Å². The Morgan fingerprint density at radius 2 is 1.79 bits per heavy atom. The van der Waals surface area contributed by atoms with Crippen LogP contribution in [0.1, 0.15) is 24.0 Å². The van der Waals surface area contributed by atoms with Crippen molar-refractivity contribution < 1.29 is 27.9 Å². The van der Waals surface area contributed by atoms with Gasteiger partial charge in [0, 0.05) is 31.2 Å². The highest BCUT2D eigenvalue weighted by Gasteiger charge is 2.41. The van der Waals surface area contributed by atoms with Gasteiger partial charge in [-0.3, -0.25) is 4.98 Å². The normalized spacial score (nSPS) is 19.6. The summed E-state index contributed by atoms with van der Waals surface area (Å²) in [7, 11) is -2.27. The molecule has 2 aromatic rings. The summed E-state index contributed by atoms with van der Waals surface area (Å²) in [5.41, 5.74) is 2.19.